The van der Waals surface area contributed by atoms with Crippen molar-refractivity contribution in [3.05, 3.63) is 53.9 Å². The van der Waals surface area contributed by atoms with Gasteiger partial charge in [0, 0.05) is 22.7 Å². The Kier molecular flexibility index (Phi) is 4.74. The molecule has 27 heavy (non-hydrogen) atoms. The minimum atomic E-state index is -0.699. The highest BCUT2D eigenvalue weighted by molar-refractivity contribution is 5.97. The molecule has 0 radical (unpaired) electrons. The van der Waals surface area contributed by atoms with Crippen molar-refractivity contribution in [3.63, 3.8) is 0 Å². The van der Waals surface area contributed by atoms with Crippen LogP contribution in [0.25, 0.3) is 16.7 Å². The highest BCUT2D eigenvalue weighted by atomic mass is 16.5. The summed E-state index contributed by atoms with van der Waals surface area (Å²) in [4.78, 5) is 4.49. The zero-order valence-corrected chi connectivity index (χ0v) is 14.8. The van der Waals surface area contributed by atoms with Crippen LogP contribution in [0.1, 0.15) is 36.5 Å². The zero-order valence-electron chi connectivity index (χ0n) is 14.8. The van der Waals surface area contributed by atoms with Crippen molar-refractivity contribution < 1.29 is 9.84 Å². The van der Waals surface area contributed by atoms with Gasteiger partial charge in [0.2, 0.25) is 0 Å². The maximum Gasteiger partial charge on any atom is 0.162 e. The van der Waals surface area contributed by atoms with Crippen molar-refractivity contribution >= 4 is 16.9 Å². The van der Waals surface area contributed by atoms with Crippen molar-refractivity contribution in [2.24, 2.45) is 16.7 Å². The van der Waals surface area contributed by atoms with E-state index in [4.69, 9.17) is 16.3 Å². The molecule has 2 aromatic heterocycles. The van der Waals surface area contributed by atoms with Crippen LogP contribution in [0.15, 0.2) is 47.8 Å². The van der Waals surface area contributed by atoms with Crippen LogP contribution < -0.4 is 11.6 Å². The van der Waals surface area contributed by atoms with Crippen LogP contribution in [0, 0.1) is 0 Å². The Hall–Kier alpha value is -2.97. The fourth-order valence-corrected chi connectivity index (χ4v) is 3.04. The lowest BCUT2D eigenvalue weighted by Gasteiger charge is -2.26. The van der Waals surface area contributed by atoms with Gasteiger partial charge in [-0.25, -0.2) is 9.67 Å². The summed E-state index contributed by atoms with van der Waals surface area (Å²) in [7, 11) is 0. The van der Waals surface area contributed by atoms with E-state index in [1.54, 1.807) is 17.1 Å². The second kappa shape index (κ2) is 7.34. The van der Waals surface area contributed by atoms with Crippen LogP contribution in [0.3, 0.4) is 0 Å². The molecule has 1 saturated carbocycles. The van der Waals surface area contributed by atoms with Gasteiger partial charge >= 0.3 is 0 Å². The zero-order chi connectivity index (χ0) is 18.8. The molecule has 1 atom stereocenters. The number of benzene rings is 1. The van der Waals surface area contributed by atoms with Gasteiger partial charge in [0.1, 0.15) is 11.9 Å². The van der Waals surface area contributed by atoms with Gasteiger partial charge in [0.25, 0.3) is 0 Å². The summed E-state index contributed by atoms with van der Waals surface area (Å²) in [5.74, 6) is 5.51. The topological polar surface area (TPSA) is 125 Å². The highest BCUT2D eigenvalue weighted by Gasteiger charge is 2.20. The summed E-state index contributed by atoms with van der Waals surface area (Å²) in [6, 6.07) is 9.31. The molecule has 4 rings (SSSR count). The standard InChI is InChI=1S/C19H22N6O2/c20-18(24-21)12-3-1-4-15(8-12)25-19-14(10-23-25)7-13(9-22-19)17(26)11-27-16-5-2-6-16/h1,3-4,7-10,16-17,26H,2,5-6,11,21H2,(H2,20,24). The van der Waals surface area contributed by atoms with E-state index in [2.05, 4.69) is 15.2 Å². The predicted molar refractivity (Wildman–Crippen MR) is 102 cm³/mol. The molecule has 0 aliphatic heterocycles. The lowest BCUT2D eigenvalue weighted by Crippen LogP contribution is -2.24. The van der Waals surface area contributed by atoms with Crippen molar-refractivity contribution in [2.75, 3.05) is 6.61 Å². The summed E-state index contributed by atoms with van der Waals surface area (Å²) in [5.41, 5.74) is 8.69. The summed E-state index contributed by atoms with van der Waals surface area (Å²) in [6.45, 7) is 0.283. The first-order valence-corrected chi connectivity index (χ1v) is 8.93. The molecular formula is C19H22N6O2. The molecule has 140 valence electrons. The predicted octanol–water partition coefficient (Wildman–Crippen LogP) is 1.60. The molecule has 3 aromatic rings. The van der Waals surface area contributed by atoms with Crippen molar-refractivity contribution in [3.8, 4) is 5.69 Å². The molecule has 5 N–H and O–H groups in total. The Balaban J connectivity index is 1.59. The lowest BCUT2D eigenvalue weighted by atomic mass is 9.96. The van der Waals surface area contributed by atoms with Crippen LogP contribution in [0.4, 0.5) is 0 Å². The number of fused-ring (bicyclic) bond motifs is 1. The van der Waals surface area contributed by atoms with Gasteiger partial charge in [-0.1, -0.05) is 12.1 Å². The molecule has 0 spiro atoms. The molecule has 1 fully saturated rings. The first-order valence-electron chi connectivity index (χ1n) is 8.93. The summed E-state index contributed by atoms with van der Waals surface area (Å²) in [6.07, 6.45) is 6.33. The van der Waals surface area contributed by atoms with Crippen LogP contribution >= 0.6 is 0 Å². The number of ether oxygens (including phenoxy) is 1. The van der Waals surface area contributed by atoms with Crippen LogP contribution in [0.2, 0.25) is 0 Å². The molecule has 0 bridgehead atoms. The Labute approximate surface area is 156 Å². The average Bonchev–Trinajstić information content (AvgIpc) is 3.09. The minimum absolute atomic E-state index is 0.248. The fourth-order valence-electron chi connectivity index (χ4n) is 3.04. The third kappa shape index (κ3) is 3.49. The first kappa shape index (κ1) is 17.4. The van der Waals surface area contributed by atoms with Crippen LogP contribution in [-0.4, -0.2) is 38.4 Å². The number of hydrazone groups is 1. The number of aliphatic hydroxyl groups is 1. The number of amidine groups is 1. The first-order chi connectivity index (χ1) is 13.2. The molecule has 0 saturated heterocycles. The molecule has 8 heteroatoms. The molecule has 1 unspecified atom stereocenters. The molecule has 8 nitrogen and oxygen atoms in total. The van der Waals surface area contributed by atoms with E-state index in [0.29, 0.717) is 11.2 Å². The Morgan fingerprint density at radius 3 is 2.93 bits per heavy atom. The fraction of sp³-hybridized carbons (Fsp3) is 0.316. The van der Waals surface area contributed by atoms with E-state index >= 15 is 0 Å². The Morgan fingerprint density at radius 2 is 2.19 bits per heavy atom. The van der Waals surface area contributed by atoms with Gasteiger partial charge in [-0.2, -0.15) is 10.2 Å². The smallest absolute Gasteiger partial charge is 0.162 e. The van der Waals surface area contributed by atoms with Gasteiger partial charge < -0.3 is 21.4 Å². The van der Waals surface area contributed by atoms with E-state index in [1.807, 2.05) is 30.3 Å². The molecule has 0 amide bonds. The number of rotatable bonds is 6. The van der Waals surface area contributed by atoms with E-state index < -0.39 is 6.10 Å². The van der Waals surface area contributed by atoms with Crippen molar-refractivity contribution in [1.29, 1.82) is 0 Å². The number of hydrogen-bond acceptors (Lipinski definition) is 6. The van der Waals surface area contributed by atoms with Crippen molar-refractivity contribution in [1.82, 2.24) is 14.8 Å². The van der Waals surface area contributed by atoms with E-state index in [9.17, 15) is 5.11 Å². The number of aliphatic hydroxyl groups excluding tert-OH is 1. The van der Waals surface area contributed by atoms with Gasteiger partial charge in [-0.15, -0.1) is 0 Å². The Morgan fingerprint density at radius 1 is 1.33 bits per heavy atom. The number of pyridine rings is 1. The minimum Gasteiger partial charge on any atom is -0.386 e. The van der Waals surface area contributed by atoms with Gasteiger partial charge in [-0.3, -0.25) is 0 Å². The molecular weight excluding hydrogens is 344 g/mol. The number of aromatic nitrogens is 3. The normalized spacial score (nSPS) is 16.4. The molecule has 1 aliphatic carbocycles. The van der Waals surface area contributed by atoms with Gasteiger partial charge in [-0.05, 0) is 37.5 Å². The van der Waals surface area contributed by atoms with Gasteiger partial charge in [0.15, 0.2) is 5.65 Å². The third-order valence-corrected chi connectivity index (χ3v) is 4.88. The highest BCUT2D eigenvalue weighted by Crippen LogP contribution is 2.25. The van der Waals surface area contributed by atoms with E-state index in [0.717, 1.165) is 29.5 Å². The summed E-state index contributed by atoms with van der Waals surface area (Å²) >= 11 is 0. The maximum atomic E-state index is 10.4. The third-order valence-electron chi connectivity index (χ3n) is 4.88. The Bertz CT molecular complexity index is 979. The monoisotopic (exact) mass is 366 g/mol. The summed E-state index contributed by atoms with van der Waals surface area (Å²) < 4.78 is 7.41. The van der Waals surface area contributed by atoms with E-state index in [-0.39, 0.29) is 18.5 Å². The number of nitrogens with two attached hydrogens (primary N) is 2. The number of nitrogens with zero attached hydrogens (tertiary/aromatic N) is 4. The maximum absolute atomic E-state index is 10.4. The van der Waals surface area contributed by atoms with Crippen LogP contribution in [-0.2, 0) is 4.74 Å². The van der Waals surface area contributed by atoms with Gasteiger partial charge in [0.05, 0.1) is 24.6 Å². The molecule has 1 aliphatic rings. The lowest BCUT2D eigenvalue weighted by molar-refractivity contribution is -0.0427. The molecule has 2 heterocycles. The molecule has 1 aromatic carbocycles. The van der Waals surface area contributed by atoms with E-state index in [1.165, 1.54) is 6.42 Å². The van der Waals surface area contributed by atoms with Crippen molar-refractivity contribution in [2.45, 2.75) is 31.5 Å². The second-order valence-corrected chi connectivity index (χ2v) is 6.70. The quantitative estimate of drug-likeness (QED) is 0.263. The largest absolute Gasteiger partial charge is 0.386 e. The average molecular weight is 366 g/mol. The van der Waals surface area contributed by atoms with Crippen LogP contribution in [0.5, 0.6) is 0 Å². The number of hydrogen-bond donors (Lipinski definition) is 3. The summed E-state index contributed by atoms with van der Waals surface area (Å²) in [5, 5.41) is 19.1. The SMILES string of the molecule is N/N=C(\N)c1cccc(-n2ncc3cc(C(O)COC4CCC4)cnc32)c1. The second-order valence-electron chi connectivity index (χ2n) is 6.70.